The van der Waals surface area contributed by atoms with Gasteiger partial charge in [0.15, 0.2) is 14.9 Å². The third kappa shape index (κ3) is 5.26. The summed E-state index contributed by atoms with van der Waals surface area (Å²) in [6.45, 7) is 2.01. The molecule has 1 aromatic heterocycles. The molecule has 2 atom stereocenters. The molecule has 1 amide bonds. The van der Waals surface area contributed by atoms with Crippen LogP contribution in [0.3, 0.4) is 0 Å². The van der Waals surface area contributed by atoms with E-state index in [1.165, 1.54) is 12.4 Å². The van der Waals surface area contributed by atoms with E-state index in [-0.39, 0.29) is 47.1 Å². The van der Waals surface area contributed by atoms with Crippen molar-refractivity contribution in [3.8, 4) is 5.88 Å². The van der Waals surface area contributed by atoms with Crippen LogP contribution >= 0.6 is 0 Å². The Morgan fingerprint density at radius 2 is 1.61 bits per heavy atom. The minimum absolute atomic E-state index is 0.0276. The maximum Gasteiger partial charge on any atom is 0.410 e. The fourth-order valence-corrected chi connectivity index (χ4v) is 5.85. The zero-order valence-corrected chi connectivity index (χ0v) is 20.1. The molecule has 3 heterocycles. The minimum Gasteiger partial charge on any atom is -0.473 e. The Kier molecular flexibility index (Phi) is 6.01. The molecule has 0 aromatic carbocycles. The first-order valence-corrected chi connectivity index (χ1v) is 13.9. The number of ether oxygens (including phenoxy) is 3. The van der Waals surface area contributed by atoms with Crippen molar-refractivity contribution in [1.29, 1.82) is 0 Å². The molecule has 2 aliphatic heterocycles. The second-order valence-electron chi connectivity index (χ2n) is 10.3. The number of carbonyl (C=O) groups is 1. The lowest BCUT2D eigenvalue weighted by Crippen LogP contribution is -2.50. The van der Waals surface area contributed by atoms with Crippen LogP contribution in [0.5, 0.6) is 5.88 Å². The summed E-state index contributed by atoms with van der Waals surface area (Å²) in [6.07, 6.45) is 13.3. The van der Waals surface area contributed by atoms with Gasteiger partial charge in [0.25, 0.3) is 0 Å². The lowest BCUT2D eigenvalue weighted by atomic mass is 9.93. The van der Waals surface area contributed by atoms with Gasteiger partial charge in [0.05, 0.1) is 24.6 Å². The molecule has 5 rings (SSSR count). The van der Waals surface area contributed by atoms with E-state index in [0.717, 1.165) is 70.5 Å². The molecule has 1 aromatic rings. The molecular weight excluding hydrogens is 446 g/mol. The lowest BCUT2D eigenvalue weighted by molar-refractivity contribution is -0.0797. The molecule has 10 heteroatoms. The van der Waals surface area contributed by atoms with Crippen molar-refractivity contribution < 1.29 is 27.4 Å². The smallest absolute Gasteiger partial charge is 0.410 e. The van der Waals surface area contributed by atoms with Crippen molar-refractivity contribution in [1.82, 2.24) is 14.9 Å². The van der Waals surface area contributed by atoms with Gasteiger partial charge in [0.2, 0.25) is 5.88 Å². The van der Waals surface area contributed by atoms with Gasteiger partial charge in [-0.05, 0) is 71.1 Å². The van der Waals surface area contributed by atoms with Gasteiger partial charge in [-0.3, -0.25) is 0 Å². The molecule has 33 heavy (non-hydrogen) atoms. The third-order valence-electron chi connectivity index (χ3n) is 7.47. The molecule has 0 spiro atoms. The largest absolute Gasteiger partial charge is 0.473 e. The standard InChI is InChI=1S/C23H33N3O6S/c1-23(9-10-23)32-22(27)26-15-3-4-16(26)12-19(11-15)30-17-5-7-18(8-6-17)31-20-13-25-21(14-24-20)33(2,28)29/h13-19H,3-12H2,1-2H3/t15-,16-,17?,18?/m0/s1. The summed E-state index contributed by atoms with van der Waals surface area (Å²) in [6, 6.07) is 0.466. The number of hydrogen-bond acceptors (Lipinski definition) is 8. The number of rotatable bonds is 6. The molecule has 2 bridgehead atoms. The third-order valence-corrected chi connectivity index (χ3v) is 8.44. The van der Waals surface area contributed by atoms with E-state index < -0.39 is 9.84 Å². The summed E-state index contributed by atoms with van der Waals surface area (Å²) in [5.41, 5.74) is -0.230. The Morgan fingerprint density at radius 3 is 2.15 bits per heavy atom. The van der Waals surface area contributed by atoms with Crippen molar-refractivity contribution in [2.75, 3.05) is 6.26 Å². The normalized spacial score (nSPS) is 32.9. The van der Waals surface area contributed by atoms with E-state index in [4.69, 9.17) is 14.2 Å². The van der Waals surface area contributed by atoms with Gasteiger partial charge in [-0.2, -0.15) is 0 Å². The summed E-state index contributed by atoms with van der Waals surface area (Å²) >= 11 is 0. The first kappa shape index (κ1) is 22.8. The molecule has 2 saturated heterocycles. The second-order valence-corrected chi connectivity index (χ2v) is 12.3. The van der Waals surface area contributed by atoms with E-state index in [0.29, 0.717) is 5.88 Å². The van der Waals surface area contributed by atoms with Crippen molar-refractivity contribution >= 4 is 15.9 Å². The number of piperidine rings is 1. The van der Waals surface area contributed by atoms with Crippen LogP contribution in [0, 0.1) is 0 Å². The predicted octanol–water partition coefficient (Wildman–Crippen LogP) is 3.27. The topological polar surface area (TPSA) is 108 Å². The fraction of sp³-hybridized carbons (Fsp3) is 0.783. The Labute approximate surface area is 195 Å². The highest BCUT2D eigenvalue weighted by atomic mass is 32.2. The van der Waals surface area contributed by atoms with Crippen LogP contribution < -0.4 is 4.74 Å². The van der Waals surface area contributed by atoms with Crippen molar-refractivity contribution in [3.63, 3.8) is 0 Å². The number of carbonyl (C=O) groups excluding carboxylic acids is 1. The second kappa shape index (κ2) is 8.69. The summed E-state index contributed by atoms with van der Waals surface area (Å²) in [7, 11) is -3.37. The first-order valence-electron chi connectivity index (χ1n) is 12.0. The monoisotopic (exact) mass is 479 g/mol. The van der Waals surface area contributed by atoms with Gasteiger partial charge in [0, 0.05) is 18.3 Å². The van der Waals surface area contributed by atoms with Crippen LogP contribution in [0.2, 0.25) is 0 Å². The van der Waals surface area contributed by atoms with Crippen molar-refractivity contribution in [3.05, 3.63) is 12.4 Å². The minimum atomic E-state index is -3.37. The maximum absolute atomic E-state index is 12.7. The number of sulfone groups is 1. The summed E-state index contributed by atoms with van der Waals surface area (Å²) in [5.74, 6) is 0.350. The van der Waals surface area contributed by atoms with E-state index in [9.17, 15) is 13.2 Å². The van der Waals surface area contributed by atoms with E-state index >= 15 is 0 Å². The van der Waals surface area contributed by atoms with Crippen LogP contribution in [-0.4, -0.2) is 71.6 Å². The summed E-state index contributed by atoms with van der Waals surface area (Å²) in [5, 5.41) is -0.0537. The van der Waals surface area contributed by atoms with Gasteiger partial charge in [-0.15, -0.1) is 0 Å². The molecule has 0 unspecified atom stereocenters. The Morgan fingerprint density at radius 1 is 0.970 bits per heavy atom. The summed E-state index contributed by atoms with van der Waals surface area (Å²) < 4.78 is 41.1. The van der Waals surface area contributed by atoms with Gasteiger partial charge >= 0.3 is 6.09 Å². The van der Waals surface area contributed by atoms with Gasteiger partial charge in [-0.25, -0.2) is 23.2 Å². The van der Waals surface area contributed by atoms with E-state index in [1.54, 1.807) is 0 Å². The molecule has 0 N–H and O–H groups in total. The average Bonchev–Trinajstić information content (AvgIpc) is 3.42. The number of aromatic nitrogens is 2. The highest BCUT2D eigenvalue weighted by Crippen LogP contribution is 2.43. The zero-order chi connectivity index (χ0) is 23.2. The van der Waals surface area contributed by atoms with Crippen LogP contribution in [-0.2, 0) is 19.3 Å². The Bertz CT molecular complexity index is 958. The number of amides is 1. The van der Waals surface area contributed by atoms with Gasteiger partial charge in [0.1, 0.15) is 11.7 Å². The predicted molar refractivity (Wildman–Crippen MR) is 119 cm³/mol. The molecule has 182 valence electrons. The average molecular weight is 480 g/mol. The zero-order valence-electron chi connectivity index (χ0n) is 19.3. The molecule has 0 radical (unpaired) electrons. The fourth-order valence-electron chi connectivity index (χ4n) is 5.36. The van der Waals surface area contributed by atoms with Gasteiger partial charge < -0.3 is 19.1 Å². The molecule has 9 nitrogen and oxygen atoms in total. The quantitative estimate of drug-likeness (QED) is 0.612. The molecule has 2 saturated carbocycles. The van der Waals surface area contributed by atoms with Crippen LogP contribution in [0.15, 0.2) is 17.4 Å². The number of nitrogens with zero attached hydrogens (tertiary/aromatic N) is 3. The molecule has 4 fully saturated rings. The SMILES string of the molecule is CC1(OC(=O)N2[C@H]3CC[C@H]2CC(OC2CCC(Oc4cnc(S(C)(=O)=O)cn4)CC2)C3)CC1. The highest BCUT2D eigenvalue weighted by Gasteiger charge is 2.49. The van der Waals surface area contributed by atoms with Crippen LogP contribution in [0.25, 0.3) is 0 Å². The Hall–Kier alpha value is -1.94. The highest BCUT2D eigenvalue weighted by molar-refractivity contribution is 7.90. The van der Waals surface area contributed by atoms with Crippen molar-refractivity contribution in [2.45, 2.75) is 112 Å². The number of hydrogen-bond donors (Lipinski definition) is 0. The maximum atomic E-state index is 12.7. The van der Waals surface area contributed by atoms with Crippen LogP contribution in [0.1, 0.15) is 71.1 Å². The lowest BCUT2D eigenvalue weighted by Gasteiger charge is -2.40. The van der Waals surface area contributed by atoms with Crippen LogP contribution in [0.4, 0.5) is 4.79 Å². The van der Waals surface area contributed by atoms with E-state index in [2.05, 4.69) is 9.97 Å². The Balaban J connectivity index is 1.07. The molecule has 4 aliphatic rings. The molecule has 2 aliphatic carbocycles. The first-order chi connectivity index (χ1) is 15.7. The van der Waals surface area contributed by atoms with Crippen molar-refractivity contribution in [2.24, 2.45) is 0 Å². The number of fused-ring (bicyclic) bond motifs is 2. The molecular formula is C23H33N3O6S. The van der Waals surface area contributed by atoms with Gasteiger partial charge in [-0.1, -0.05) is 0 Å². The van der Waals surface area contributed by atoms with E-state index in [1.807, 2.05) is 11.8 Å². The summed E-state index contributed by atoms with van der Waals surface area (Å²) in [4.78, 5) is 22.7.